The average molecular weight is 340 g/mol. The number of para-hydroxylation sites is 2. The van der Waals surface area contributed by atoms with Crippen LogP contribution in [0.1, 0.15) is 18.9 Å². The monoisotopic (exact) mass is 340 g/mol. The fraction of sp³-hybridized carbons (Fsp3) is 0.211. The lowest BCUT2D eigenvalue weighted by molar-refractivity contribution is 0.575. The van der Waals surface area contributed by atoms with E-state index in [2.05, 4.69) is 4.98 Å². The van der Waals surface area contributed by atoms with Crippen LogP contribution >= 0.6 is 0 Å². The van der Waals surface area contributed by atoms with Crippen molar-refractivity contribution in [2.45, 2.75) is 25.0 Å². The molecule has 4 nitrogen and oxygen atoms in total. The Morgan fingerprint density at radius 1 is 1.04 bits per heavy atom. The fourth-order valence-corrected chi connectivity index (χ4v) is 4.15. The van der Waals surface area contributed by atoms with Crippen molar-refractivity contribution in [2.24, 2.45) is 0 Å². The van der Waals surface area contributed by atoms with Crippen LogP contribution in [0, 0.1) is 0 Å². The molecule has 3 aromatic rings. The zero-order valence-corrected chi connectivity index (χ0v) is 14.4. The van der Waals surface area contributed by atoms with E-state index in [0.29, 0.717) is 18.5 Å². The number of benzene rings is 2. The van der Waals surface area contributed by atoms with Crippen LogP contribution in [0.25, 0.3) is 17.1 Å². The van der Waals surface area contributed by atoms with Crippen molar-refractivity contribution >= 4 is 26.9 Å². The molecule has 0 N–H and O–H groups in total. The molecule has 0 saturated heterocycles. The summed E-state index contributed by atoms with van der Waals surface area (Å²) in [5.41, 5.74) is 2.63. The van der Waals surface area contributed by atoms with Crippen LogP contribution in [0.3, 0.4) is 0 Å². The number of aromatic nitrogens is 2. The highest BCUT2D eigenvalue weighted by Crippen LogP contribution is 2.21. The van der Waals surface area contributed by atoms with Crippen molar-refractivity contribution in [3.8, 4) is 0 Å². The predicted octanol–water partition coefficient (Wildman–Crippen LogP) is 3.93. The topological polar surface area (TPSA) is 52.0 Å². The minimum atomic E-state index is -3.38. The highest BCUT2D eigenvalue weighted by Gasteiger charge is 2.22. The number of imidazole rings is 1. The Balaban J connectivity index is 2.00. The lowest BCUT2D eigenvalue weighted by atomic mass is 10.2. The van der Waals surface area contributed by atoms with E-state index in [1.54, 1.807) is 4.57 Å². The highest BCUT2D eigenvalue weighted by molar-refractivity contribution is 7.91. The minimum Gasteiger partial charge on any atom is -0.311 e. The molecule has 1 heterocycles. The van der Waals surface area contributed by atoms with Crippen LogP contribution in [-0.4, -0.2) is 23.7 Å². The van der Waals surface area contributed by atoms with Crippen molar-refractivity contribution in [1.29, 1.82) is 0 Å². The van der Waals surface area contributed by atoms with Gasteiger partial charge in [0.25, 0.3) is 0 Å². The van der Waals surface area contributed by atoms with Crippen LogP contribution in [0.5, 0.6) is 0 Å². The molecule has 0 unspecified atom stereocenters. The predicted molar refractivity (Wildman–Crippen MR) is 97.6 cm³/mol. The summed E-state index contributed by atoms with van der Waals surface area (Å²) >= 11 is 0. The van der Waals surface area contributed by atoms with E-state index in [1.807, 2.05) is 73.7 Å². The Morgan fingerprint density at radius 3 is 2.50 bits per heavy atom. The molecule has 0 amide bonds. The molecule has 0 radical (unpaired) electrons. The summed E-state index contributed by atoms with van der Waals surface area (Å²) in [4.78, 5) is 4.37. The summed E-state index contributed by atoms with van der Waals surface area (Å²) in [7, 11) is -3.38. The molecule has 2 aromatic carbocycles. The molecule has 0 aliphatic heterocycles. The third-order valence-electron chi connectivity index (χ3n) is 3.77. The van der Waals surface area contributed by atoms with E-state index < -0.39 is 9.84 Å². The van der Waals surface area contributed by atoms with Crippen LogP contribution < -0.4 is 0 Å². The maximum Gasteiger partial charge on any atom is 0.229 e. The third-order valence-corrected chi connectivity index (χ3v) is 5.58. The zero-order valence-electron chi connectivity index (χ0n) is 13.6. The first-order valence-corrected chi connectivity index (χ1v) is 9.66. The van der Waals surface area contributed by atoms with Crippen LogP contribution in [0.2, 0.25) is 0 Å². The maximum atomic E-state index is 12.5. The van der Waals surface area contributed by atoms with Gasteiger partial charge in [-0.15, -0.1) is 0 Å². The number of sulfone groups is 1. The lowest BCUT2D eigenvalue weighted by Crippen LogP contribution is -2.13. The quantitative estimate of drug-likeness (QED) is 0.683. The molecule has 0 bridgehead atoms. The van der Waals surface area contributed by atoms with Crippen molar-refractivity contribution in [3.05, 3.63) is 66.2 Å². The maximum absolute atomic E-state index is 12.5. The van der Waals surface area contributed by atoms with Gasteiger partial charge in [-0.2, -0.15) is 0 Å². The van der Waals surface area contributed by atoms with Gasteiger partial charge < -0.3 is 4.57 Å². The fourth-order valence-electron chi connectivity index (χ4n) is 2.69. The van der Waals surface area contributed by atoms with Crippen molar-refractivity contribution < 1.29 is 8.42 Å². The molecule has 0 fully saturated rings. The molecule has 0 aliphatic carbocycles. The molecule has 0 aliphatic rings. The van der Waals surface area contributed by atoms with E-state index >= 15 is 0 Å². The van der Waals surface area contributed by atoms with Crippen molar-refractivity contribution in [1.82, 2.24) is 9.55 Å². The third kappa shape index (κ3) is 3.41. The molecule has 24 heavy (non-hydrogen) atoms. The van der Waals surface area contributed by atoms with Crippen LogP contribution in [0.4, 0.5) is 0 Å². The van der Waals surface area contributed by atoms with E-state index in [1.165, 1.54) is 0 Å². The summed E-state index contributed by atoms with van der Waals surface area (Å²) in [6.07, 6.45) is 4.53. The van der Waals surface area contributed by atoms with Crippen molar-refractivity contribution in [2.75, 3.05) is 5.75 Å². The standard InChI is InChI=1S/C19H20N2O2S/c1-2-15-24(22,23)19-20-17-12-6-7-13-18(17)21(19)14-8-11-16-9-4-3-5-10-16/h3-13H,2,14-15H2,1H3. The van der Waals surface area contributed by atoms with Gasteiger partial charge in [-0.1, -0.05) is 61.5 Å². The summed E-state index contributed by atoms with van der Waals surface area (Å²) in [5, 5.41) is 0.156. The SMILES string of the molecule is CCCS(=O)(=O)c1nc2ccccc2n1CC=Cc1ccccc1. The molecular weight excluding hydrogens is 320 g/mol. The van der Waals surface area contributed by atoms with Gasteiger partial charge in [0.15, 0.2) is 0 Å². The highest BCUT2D eigenvalue weighted by atomic mass is 32.2. The number of nitrogens with zero attached hydrogens (tertiary/aromatic N) is 2. The first-order chi connectivity index (χ1) is 11.6. The Bertz CT molecular complexity index is 957. The van der Waals surface area contributed by atoms with Crippen LogP contribution in [0.15, 0.2) is 65.8 Å². The molecule has 0 spiro atoms. The second kappa shape index (κ2) is 7.01. The summed E-state index contributed by atoms with van der Waals surface area (Å²) in [6.45, 7) is 2.33. The first-order valence-electron chi connectivity index (χ1n) is 8.01. The van der Waals surface area contributed by atoms with Gasteiger partial charge in [-0.3, -0.25) is 0 Å². The Morgan fingerprint density at radius 2 is 1.75 bits per heavy atom. The molecule has 1 aromatic heterocycles. The summed E-state index contributed by atoms with van der Waals surface area (Å²) in [5.74, 6) is 0.110. The second-order valence-electron chi connectivity index (χ2n) is 5.63. The first kappa shape index (κ1) is 16.5. The smallest absolute Gasteiger partial charge is 0.229 e. The van der Waals surface area contributed by atoms with E-state index in [0.717, 1.165) is 11.1 Å². The molecule has 0 atom stereocenters. The van der Waals surface area contributed by atoms with Gasteiger partial charge in [0.1, 0.15) is 0 Å². The van der Waals surface area contributed by atoms with Gasteiger partial charge in [-0.25, -0.2) is 13.4 Å². The Hall–Kier alpha value is -2.40. The van der Waals surface area contributed by atoms with E-state index in [9.17, 15) is 8.42 Å². The van der Waals surface area contributed by atoms with Gasteiger partial charge in [0, 0.05) is 6.54 Å². The summed E-state index contributed by atoms with van der Waals surface area (Å²) < 4.78 is 26.9. The Labute approximate surface area is 142 Å². The minimum absolute atomic E-state index is 0.110. The number of rotatable bonds is 6. The van der Waals surface area contributed by atoms with Gasteiger partial charge in [-0.05, 0) is 24.1 Å². The van der Waals surface area contributed by atoms with E-state index in [-0.39, 0.29) is 10.9 Å². The van der Waals surface area contributed by atoms with Gasteiger partial charge >= 0.3 is 0 Å². The molecular formula is C19H20N2O2S. The average Bonchev–Trinajstić information content (AvgIpc) is 2.96. The normalized spacial score (nSPS) is 12.2. The second-order valence-corrected chi connectivity index (χ2v) is 7.63. The van der Waals surface area contributed by atoms with Crippen LogP contribution in [-0.2, 0) is 16.4 Å². The number of fused-ring (bicyclic) bond motifs is 1. The molecule has 5 heteroatoms. The number of hydrogen-bond donors (Lipinski definition) is 0. The van der Waals surface area contributed by atoms with Crippen molar-refractivity contribution in [3.63, 3.8) is 0 Å². The van der Waals surface area contributed by atoms with Gasteiger partial charge in [0.2, 0.25) is 15.0 Å². The Kier molecular flexibility index (Phi) is 4.81. The van der Waals surface area contributed by atoms with Gasteiger partial charge in [0.05, 0.1) is 16.8 Å². The molecule has 124 valence electrons. The largest absolute Gasteiger partial charge is 0.311 e. The number of hydrogen-bond acceptors (Lipinski definition) is 3. The lowest BCUT2D eigenvalue weighted by Gasteiger charge is -2.07. The molecule has 0 saturated carbocycles. The zero-order chi connectivity index (χ0) is 17.0. The number of allylic oxidation sites excluding steroid dienone is 1. The summed E-state index contributed by atoms with van der Waals surface area (Å²) in [6, 6.07) is 17.5. The van der Waals surface area contributed by atoms with E-state index in [4.69, 9.17) is 0 Å². The molecule has 3 rings (SSSR count).